The van der Waals surface area contributed by atoms with Gasteiger partial charge >= 0.3 is 0 Å². The number of anilines is 1. The molecule has 0 saturated carbocycles. The summed E-state index contributed by atoms with van der Waals surface area (Å²) in [5, 5.41) is 8.35. The van der Waals surface area contributed by atoms with E-state index in [1.54, 1.807) is 10.9 Å². The molecule has 4 aromatic rings. The van der Waals surface area contributed by atoms with Gasteiger partial charge in [-0.1, -0.05) is 30.3 Å². The summed E-state index contributed by atoms with van der Waals surface area (Å²) in [5.41, 5.74) is 6.44. The van der Waals surface area contributed by atoms with Crippen molar-refractivity contribution in [2.24, 2.45) is 0 Å². The maximum absolute atomic E-state index is 12.6. The molecule has 1 aliphatic rings. The van der Waals surface area contributed by atoms with E-state index in [0.29, 0.717) is 11.3 Å². The molecule has 0 saturated heterocycles. The van der Waals surface area contributed by atoms with Crippen molar-refractivity contribution in [1.82, 2.24) is 14.8 Å². The number of para-hydroxylation sites is 1. The van der Waals surface area contributed by atoms with Crippen LogP contribution in [0.5, 0.6) is 0 Å². The van der Waals surface area contributed by atoms with E-state index in [4.69, 9.17) is 0 Å². The van der Waals surface area contributed by atoms with Crippen molar-refractivity contribution in [3.05, 3.63) is 83.2 Å². The first-order valence-electron chi connectivity index (χ1n) is 11.4. The molecule has 0 spiro atoms. The molecule has 2 aromatic carbocycles. The van der Waals surface area contributed by atoms with E-state index in [9.17, 15) is 9.59 Å². The minimum absolute atomic E-state index is 0.00656. The second-order valence-corrected chi connectivity index (χ2v) is 8.59. The Morgan fingerprint density at radius 2 is 1.76 bits per heavy atom. The number of nitrogens with one attached hydrogen (secondary N) is 1. The molecule has 5 rings (SSSR count). The predicted molar refractivity (Wildman–Crippen MR) is 129 cm³/mol. The van der Waals surface area contributed by atoms with Crippen LogP contribution in [0.1, 0.15) is 52.9 Å². The monoisotopic (exact) mass is 438 g/mol. The van der Waals surface area contributed by atoms with Gasteiger partial charge in [0.25, 0.3) is 0 Å². The highest BCUT2D eigenvalue weighted by molar-refractivity contribution is 6.00. The van der Waals surface area contributed by atoms with Crippen LogP contribution >= 0.6 is 0 Å². The Bertz CT molecular complexity index is 1340. The third kappa shape index (κ3) is 4.42. The van der Waals surface area contributed by atoms with Crippen LogP contribution < -0.4 is 5.32 Å². The van der Waals surface area contributed by atoms with Crippen LogP contribution in [-0.2, 0) is 17.6 Å². The second kappa shape index (κ2) is 8.98. The smallest absolute Gasteiger partial charge is 0.224 e. The van der Waals surface area contributed by atoms with Crippen LogP contribution in [0.2, 0.25) is 0 Å². The van der Waals surface area contributed by atoms with Crippen LogP contribution in [0.4, 0.5) is 5.69 Å². The van der Waals surface area contributed by atoms with Crippen LogP contribution in [-0.4, -0.2) is 26.5 Å². The Labute approximate surface area is 192 Å². The SMILES string of the molecule is Cc1nn(-c2ccccc2)c2ncc(NC(=O)CCC(=O)c3ccc4c(c3)CCCC4)cc12. The highest BCUT2D eigenvalue weighted by atomic mass is 16.2. The second-order valence-electron chi connectivity index (χ2n) is 8.59. The molecular weight excluding hydrogens is 412 g/mol. The molecule has 6 nitrogen and oxygen atoms in total. The van der Waals surface area contributed by atoms with Crippen molar-refractivity contribution in [3.8, 4) is 5.69 Å². The average Bonchev–Trinajstić information content (AvgIpc) is 3.18. The summed E-state index contributed by atoms with van der Waals surface area (Å²) in [4.78, 5) is 29.7. The quantitative estimate of drug-likeness (QED) is 0.419. The topological polar surface area (TPSA) is 76.9 Å². The van der Waals surface area contributed by atoms with Crippen molar-refractivity contribution in [3.63, 3.8) is 0 Å². The maximum atomic E-state index is 12.6. The Hall–Kier alpha value is -3.80. The van der Waals surface area contributed by atoms with Gasteiger partial charge in [0.05, 0.1) is 23.3 Å². The van der Waals surface area contributed by atoms with Gasteiger partial charge in [0, 0.05) is 23.8 Å². The molecule has 33 heavy (non-hydrogen) atoms. The zero-order chi connectivity index (χ0) is 22.8. The fraction of sp³-hybridized carbons (Fsp3) is 0.259. The van der Waals surface area contributed by atoms with Crippen molar-refractivity contribution in [2.75, 3.05) is 5.32 Å². The lowest BCUT2D eigenvalue weighted by Gasteiger charge is -2.16. The normalized spacial score (nSPS) is 13.0. The minimum atomic E-state index is -0.199. The first kappa shape index (κ1) is 21.1. The minimum Gasteiger partial charge on any atom is -0.325 e. The Morgan fingerprint density at radius 1 is 0.970 bits per heavy atom. The summed E-state index contributed by atoms with van der Waals surface area (Å²) in [5.74, 6) is -0.192. The van der Waals surface area contributed by atoms with E-state index in [-0.39, 0.29) is 24.5 Å². The first-order valence-corrected chi connectivity index (χ1v) is 11.4. The van der Waals surface area contributed by atoms with Crippen molar-refractivity contribution < 1.29 is 9.59 Å². The average molecular weight is 439 g/mol. The number of benzene rings is 2. The summed E-state index contributed by atoms with van der Waals surface area (Å²) in [6.07, 6.45) is 6.47. The van der Waals surface area contributed by atoms with Crippen LogP contribution in [0.3, 0.4) is 0 Å². The number of pyridine rings is 1. The fourth-order valence-electron chi connectivity index (χ4n) is 4.46. The lowest BCUT2D eigenvalue weighted by Crippen LogP contribution is -2.14. The number of Topliss-reactive ketones (excluding diaryl/α,β-unsaturated/α-hetero) is 1. The van der Waals surface area contributed by atoms with Crippen molar-refractivity contribution in [2.45, 2.75) is 45.4 Å². The molecule has 0 fully saturated rings. The Morgan fingerprint density at radius 3 is 2.58 bits per heavy atom. The van der Waals surface area contributed by atoms with E-state index in [1.165, 1.54) is 24.0 Å². The van der Waals surface area contributed by atoms with Gasteiger partial charge in [-0.05, 0) is 68.0 Å². The number of aryl methyl sites for hydroxylation is 3. The lowest BCUT2D eigenvalue weighted by molar-refractivity contribution is -0.116. The number of amides is 1. The number of hydrogen-bond acceptors (Lipinski definition) is 4. The molecule has 1 aliphatic carbocycles. The van der Waals surface area contributed by atoms with Gasteiger partial charge in [0.15, 0.2) is 11.4 Å². The predicted octanol–water partition coefficient (Wildman–Crippen LogP) is 5.21. The molecule has 2 heterocycles. The molecule has 0 atom stereocenters. The molecule has 0 bridgehead atoms. The fourth-order valence-corrected chi connectivity index (χ4v) is 4.46. The van der Waals surface area contributed by atoms with Crippen LogP contribution in [0.15, 0.2) is 60.8 Å². The number of hydrogen-bond donors (Lipinski definition) is 1. The van der Waals surface area contributed by atoms with E-state index in [2.05, 4.69) is 21.5 Å². The van der Waals surface area contributed by atoms with E-state index in [1.807, 2.05) is 55.5 Å². The van der Waals surface area contributed by atoms with Crippen molar-refractivity contribution in [1.29, 1.82) is 0 Å². The molecule has 2 aromatic heterocycles. The largest absolute Gasteiger partial charge is 0.325 e. The van der Waals surface area contributed by atoms with Gasteiger partial charge in [-0.25, -0.2) is 9.67 Å². The van der Waals surface area contributed by atoms with Gasteiger partial charge in [0.1, 0.15) is 0 Å². The zero-order valence-corrected chi connectivity index (χ0v) is 18.7. The third-order valence-electron chi connectivity index (χ3n) is 6.24. The van der Waals surface area contributed by atoms with Gasteiger partial charge in [-0.15, -0.1) is 0 Å². The molecule has 0 aliphatic heterocycles. The lowest BCUT2D eigenvalue weighted by atomic mass is 9.89. The number of nitrogens with zero attached hydrogens (tertiary/aromatic N) is 3. The van der Waals surface area contributed by atoms with Gasteiger partial charge in [-0.2, -0.15) is 5.10 Å². The molecule has 166 valence electrons. The number of rotatable bonds is 6. The summed E-state index contributed by atoms with van der Waals surface area (Å²) in [7, 11) is 0. The van der Waals surface area contributed by atoms with Gasteiger partial charge in [0.2, 0.25) is 5.91 Å². The maximum Gasteiger partial charge on any atom is 0.224 e. The molecule has 1 N–H and O–H groups in total. The van der Waals surface area contributed by atoms with Gasteiger partial charge in [-0.3, -0.25) is 9.59 Å². The standard InChI is InChI=1S/C27H26N4O2/c1-18-24-16-22(17-28-27(24)31(30-18)23-9-3-2-4-10-23)29-26(33)14-13-25(32)21-12-11-19-7-5-6-8-20(19)15-21/h2-4,9-12,15-17H,5-8,13-14H2,1H3,(H,29,33). The van der Waals surface area contributed by atoms with E-state index >= 15 is 0 Å². The molecule has 1 amide bonds. The molecule has 6 heteroatoms. The Balaban J connectivity index is 1.25. The number of fused-ring (bicyclic) bond motifs is 2. The number of aromatic nitrogens is 3. The van der Waals surface area contributed by atoms with Crippen molar-refractivity contribution >= 4 is 28.4 Å². The van der Waals surface area contributed by atoms with Crippen LogP contribution in [0, 0.1) is 6.92 Å². The number of carbonyl (C=O) groups is 2. The van der Waals surface area contributed by atoms with E-state index in [0.717, 1.165) is 35.3 Å². The highest BCUT2D eigenvalue weighted by Gasteiger charge is 2.15. The summed E-state index contributed by atoms with van der Waals surface area (Å²) < 4.78 is 1.80. The summed E-state index contributed by atoms with van der Waals surface area (Å²) in [6, 6.07) is 17.7. The zero-order valence-electron chi connectivity index (χ0n) is 18.7. The number of carbonyl (C=O) groups excluding carboxylic acids is 2. The first-order chi connectivity index (χ1) is 16.1. The third-order valence-corrected chi connectivity index (χ3v) is 6.24. The molecule has 0 radical (unpaired) electrons. The Kier molecular flexibility index (Phi) is 5.73. The van der Waals surface area contributed by atoms with Gasteiger partial charge < -0.3 is 5.32 Å². The van der Waals surface area contributed by atoms with E-state index < -0.39 is 0 Å². The number of ketones is 1. The van der Waals surface area contributed by atoms with Crippen LogP contribution in [0.25, 0.3) is 16.7 Å². The molecular formula is C27H26N4O2. The highest BCUT2D eigenvalue weighted by Crippen LogP contribution is 2.24. The summed E-state index contributed by atoms with van der Waals surface area (Å²) >= 11 is 0. The summed E-state index contributed by atoms with van der Waals surface area (Å²) in [6.45, 7) is 1.92. The molecule has 0 unspecified atom stereocenters.